The minimum atomic E-state index is -0.0661. The zero-order chi connectivity index (χ0) is 10.1. The fraction of sp³-hybridized carbons (Fsp3) is 0.556. The number of H-pyrrole nitrogens is 1. The van der Waals surface area contributed by atoms with Crippen LogP contribution in [0.5, 0.6) is 0 Å². The maximum Gasteiger partial charge on any atom is 0.264 e. The Bertz CT molecular complexity index is 396. The first-order valence-electron chi connectivity index (χ1n) is 4.56. The topological polar surface area (TPSA) is 55.0 Å². The molecule has 0 aliphatic carbocycles. The van der Waals surface area contributed by atoms with Crippen LogP contribution in [0, 0.1) is 10.5 Å². The number of aromatic nitrogens is 2. The van der Waals surface area contributed by atoms with Gasteiger partial charge >= 0.3 is 0 Å². The summed E-state index contributed by atoms with van der Waals surface area (Å²) in [6.45, 7) is 2.61. The molecule has 4 nitrogen and oxygen atoms in total. The molecule has 0 bridgehead atoms. The van der Waals surface area contributed by atoms with Gasteiger partial charge in [0.25, 0.3) is 5.56 Å². The average Bonchev–Trinajstić information content (AvgIpc) is 2.66. The van der Waals surface area contributed by atoms with E-state index in [1.807, 2.05) is 29.5 Å². The molecule has 1 N–H and O–H groups in total. The summed E-state index contributed by atoms with van der Waals surface area (Å²) in [6.07, 6.45) is 1.97. The minimum Gasteiger partial charge on any atom is -0.370 e. The number of aromatic amines is 1. The maximum atomic E-state index is 11.5. The minimum absolute atomic E-state index is 0.0154. The zero-order valence-electron chi connectivity index (χ0n) is 7.84. The summed E-state index contributed by atoms with van der Waals surface area (Å²) >= 11 is 2.00. The Morgan fingerprint density at radius 3 is 3.00 bits per heavy atom. The van der Waals surface area contributed by atoms with Gasteiger partial charge in [-0.2, -0.15) is 0 Å². The number of ether oxygens (including phenoxy) is 1. The van der Waals surface area contributed by atoms with Gasteiger partial charge in [-0.05, 0) is 42.4 Å². The average molecular weight is 306 g/mol. The molecule has 1 saturated heterocycles. The van der Waals surface area contributed by atoms with Gasteiger partial charge in [0.15, 0.2) is 0 Å². The Hall–Kier alpha value is -0.430. The van der Waals surface area contributed by atoms with E-state index >= 15 is 0 Å². The van der Waals surface area contributed by atoms with E-state index < -0.39 is 0 Å². The molecule has 0 aromatic carbocycles. The number of nitrogens with one attached hydrogen (secondary N) is 1. The number of hydrogen-bond acceptors (Lipinski definition) is 3. The van der Waals surface area contributed by atoms with Gasteiger partial charge in [0, 0.05) is 6.61 Å². The zero-order valence-corrected chi connectivity index (χ0v) is 10.00. The van der Waals surface area contributed by atoms with Gasteiger partial charge in [-0.1, -0.05) is 0 Å². The lowest BCUT2D eigenvalue weighted by atomic mass is 10.2. The van der Waals surface area contributed by atoms with Crippen LogP contribution < -0.4 is 5.56 Å². The number of halogens is 1. The third kappa shape index (κ3) is 1.83. The van der Waals surface area contributed by atoms with Crippen LogP contribution in [0.3, 0.4) is 0 Å². The second kappa shape index (κ2) is 3.98. The van der Waals surface area contributed by atoms with Gasteiger partial charge in [0.2, 0.25) is 0 Å². The molecule has 76 valence electrons. The largest absolute Gasteiger partial charge is 0.370 e. The molecule has 1 aromatic rings. The van der Waals surface area contributed by atoms with Crippen molar-refractivity contribution in [3.63, 3.8) is 0 Å². The van der Waals surface area contributed by atoms with E-state index in [2.05, 4.69) is 9.97 Å². The maximum absolute atomic E-state index is 11.5. The molecule has 1 atom stereocenters. The first-order chi connectivity index (χ1) is 6.68. The summed E-state index contributed by atoms with van der Waals surface area (Å²) in [6, 6.07) is 0. The van der Waals surface area contributed by atoms with Crippen molar-refractivity contribution in [1.82, 2.24) is 9.97 Å². The van der Waals surface area contributed by atoms with Crippen molar-refractivity contribution in [2.45, 2.75) is 25.9 Å². The molecule has 1 aliphatic rings. The molecule has 0 saturated carbocycles. The standard InChI is InChI=1S/C9H11IN2O2/c1-5-7(10)9(13)12-8(11-5)6-3-2-4-14-6/h6H,2-4H2,1H3,(H,11,12,13). The molecule has 1 fully saturated rings. The van der Waals surface area contributed by atoms with E-state index in [0.717, 1.165) is 25.1 Å². The molecule has 0 radical (unpaired) electrons. The molecule has 1 aliphatic heterocycles. The normalized spacial score (nSPS) is 21.4. The van der Waals surface area contributed by atoms with Crippen LogP contribution in [-0.4, -0.2) is 16.6 Å². The summed E-state index contributed by atoms with van der Waals surface area (Å²) in [5.41, 5.74) is 0.712. The van der Waals surface area contributed by atoms with Crippen molar-refractivity contribution in [3.05, 3.63) is 25.4 Å². The van der Waals surface area contributed by atoms with Crippen LogP contribution in [0.4, 0.5) is 0 Å². The van der Waals surface area contributed by atoms with E-state index in [1.54, 1.807) is 0 Å². The SMILES string of the molecule is Cc1nc(C2CCCO2)[nH]c(=O)c1I. The molecule has 2 heterocycles. The van der Waals surface area contributed by atoms with E-state index in [0.29, 0.717) is 9.39 Å². The molecule has 1 unspecified atom stereocenters. The molecule has 1 aromatic heterocycles. The van der Waals surface area contributed by atoms with E-state index in [1.165, 1.54) is 0 Å². The lowest BCUT2D eigenvalue weighted by Gasteiger charge is -2.09. The molecule has 2 rings (SSSR count). The number of hydrogen-bond donors (Lipinski definition) is 1. The second-order valence-corrected chi connectivity index (χ2v) is 4.43. The van der Waals surface area contributed by atoms with Crippen molar-refractivity contribution in [2.75, 3.05) is 6.61 Å². The van der Waals surface area contributed by atoms with Crippen molar-refractivity contribution in [1.29, 1.82) is 0 Å². The van der Waals surface area contributed by atoms with E-state index in [9.17, 15) is 4.79 Å². The Morgan fingerprint density at radius 2 is 2.43 bits per heavy atom. The fourth-order valence-electron chi connectivity index (χ4n) is 1.54. The Kier molecular flexibility index (Phi) is 2.87. The van der Waals surface area contributed by atoms with Crippen LogP contribution in [0.1, 0.15) is 30.5 Å². The third-order valence-corrected chi connectivity index (χ3v) is 3.55. The Morgan fingerprint density at radius 1 is 1.64 bits per heavy atom. The van der Waals surface area contributed by atoms with Crippen LogP contribution in [-0.2, 0) is 4.74 Å². The molecule has 14 heavy (non-hydrogen) atoms. The van der Waals surface area contributed by atoms with Crippen molar-refractivity contribution in [2.24, 2.45) is 0 Å². The monoisotopic (exact) mass is 306 g/mol. The molecular weight excluding hydrogens is 295 g/mol. The summed E-state index contributed by atoms with van der Waals surface area (Å²) < 4.78 is 6.11. The lowest BCUT2D eigenvalue weighted by Crippen LogP contribution is -2.18. The summed E-state index contributed by atoms with van der Waals surface area (Å²) in [4.78, 5) is 18.5. The highest BCUT2D eigenvalue weighted by molar-refractivity contribution is 14.1. The van der Waals surface area contributed by atoms with Crippen molar-refractivity contribution >= 4 is 22.6 Å². The first-order valence-corrected chi connectivity index (χ1v) is 5.64. The van der Waals surface area contributed by atoms with E-state index in [-0.39, 0.29) is 11.7 Å². The van der Waals surface area contributed by atoms with Gasteiger partial charge in [-0.3, -0.25) is 4.79 Å². The highest BCUT2D eigenvalue weighted by Gasteiger charge is 2.20. The molecular formula is C9H11IN2O2. The van der Waals surface area contributed by atoms with Gasteiger partial charge < -0.3 is 9.72 Å². The van der Waals surface area contributed by atoms with Gasteiger partial charge in [0.05, 0.1) is 9.26 Å². The second-order valence-electron chi connectivity index (χ2n) is 3.35. The number of nitrogens with zero attached hydrogens (tertiary/aromatic N) is 1. The van der Waals surface area contributed by atoms with E-state index in [4.69, 9.17) is 4.74 Å². The molecule has 0 spiro atoms. The van der Waals surface area contributed by atoms with Crippen LogP contribution in [0.25, 0.3) is 0 Å². The van der Waals surface area contributed by atoms with Crippen molar-refractivity contribution < 1.29 is 4.74 Å². The van der Waals surface area contributed by atoms with Gasteiger partial charge in [-0.15, -0.1) is 0 Å². The Labute approximate surface area is 95.2 Å². The predicted molar refractivity (Wildman–Crippen MR) is 60.2 cm³/mol. The highest BCUT2D eigenvalue weighted by Crippen LogP contribution is 2.25. The van der Waals surface area contributed by atoms with Crippen LogP contribution >= 0.6 is 22.6 Å². The summed E-state index contributed by atoms with van der Waals surface area (Å²) in [5, 5.41) is 0. The highest BCUT2D eigenvalue weighted by atomic mass is 127. The summed E-state index contributed by atoms with van der Waals surface area (Å²) in [7, 11) is 0. The third-order valence-electron chi connectivity index (χ3n) is 2.28. The molecule has 5 heteroatoms. The smallest absolute Gasteiger partial charge is 0.264 e. The quantitative estimate of drug-likeness (QED) is 0.801. The number of aryl methyl sites for hydroxylation is 1. The summed E-state index contributed by atoms with van der Waals surface area (Å²) in [5.74, 6) is 0.672. The Balaban J connectivity index is 2.39. The molecule has 0 amide bonds. The van der Waals surface area contributed by atoms with Gasteiger partial charge in [-0.25, -0.2) is 4.98 Å². The van der Waals surface area contributed by atoms with Crippen LogP contribution in [0.2, 0.25) is 0 Å². The number of rotatable bonds is 1. The lowest BCUT2D eigenvalue weighted by molar-refractivity contribution is 0.104. The van der Waals surface area contributed by atoms with Crippen molar-refractivity contribution in [3.8, 4) is 0 Å². The van der Waals surface area contributed by atoms with Gasteiger partial charge in [0.1, 0.15) is 11.9 Å². The first kappa shape index (κ1) is 10.1. The fourth-order valence-corrected chi connectivity index (χ4v) is 1.79. The predicted octanol–water partition coefficient (Wildman–Crippen LogP) is 1.53. The van der Waals surface area contributed by atoms with Crippen LogP contribution in [0.15, 0.2) is 4.79 Å².